The van der Waals surface area contributed by atoms with Gasteiger partial charge in [0.25, 0.3) is 0 Å². The van der Waals surface area contributed by atoms with Crippen molar-refractivity contribution in [3.63, 3.8) is 0 Å². The van der Waals surface area contributed by atoms with E-state index in [2.05, 4.69) is 6.92 Å². The van der Waals surface area contributed by atoms with E-state index in [1.807, 2.05) is 25.7 Å². The highest BCUT2D eigenvalue weighted by molar-refractivity contribution is 5.70. The van der Waals surface area contributed by atoms with E-state index in [4.69, 9.17) is 9.47 Å². The van der Waals surface area contributed by atoms with Gasteiger partial charge in [0.05, 0.1) is 0 Å². The topological polar surface area (TPSA) is 38.8 Å². The standard InChI is InChI=1S/C13H23NO3/c1-10-6-8-13(7-5-9-16-13)14(10)11(15)17-12(2,3)4/h10H,5-9H2,1-4H3. The number of hydrogen-bond acceptors (Lipinski definition) is 3. The lowest BCUT2D eigenvalue weighted by atomic mass is 10.1. The molecule has 98 valence electrons. The zero-order valence-electron chi connectivity index (χ0n) is 11.3. The summed E-state index contributed by atoms with van der Waals surface area (Å²) in [4.78, 5) is 14.1. The van der Waals surface area contributed by atoms with Crippen molar-refractivity contribution in [2.45, 2.75) is 70.7 Å². The van der Waals surface area contributed by atoms with Crippen LogP contribution in [0.1, 0.15) is 53.4 Å². The van der Waals surface area contributed by atoms with Crippen LogP contribution < -0.4 is 0 Å². The fraction of sp³-hybridized carbons (Fsp3) is 0.923. The summed E-state index contributed by atoms with van der Waals surface area (Å²) in [7, 11) is 0. The second-order valence-corrected chi connectivity index (χ2v) is 6.14. The third-order valence-electron chi connectivity index (χ3n) is 3.51. The molecule has 0 aromatic carbocycles. The van der Waals surface area contributed by atoms with Gasteiger partial charge in [-0.05, 0) is 53.4 Å². The lowest BCUT2D eigenvalue weighted by Crippen LogP contribution is -2.51. The van der Waals surface area contributed by atoms with Gasteiger partial charge in [0.1, 0.15) is 11.3 Å². The van der Waals surface area contributed by atoms with Gasteiger partial charge in [-0.2, -0.15) is 0 Å². The van der Waals surface area contributed by atoms with Gasteiger partial charge < -0.3 is 9.47 Å². The molecule has 2 fully saturated rings. The lowest BCUT2D eigenvalue weighted by Gasteiger charge is -2.37. The maximum atomic E-state index is 12.3. The molecule has 2 atom stereocenters. The van der Waals surface area contributed by atoms with Crippen molar-refractivity contribution in [3.8, 4) is 0 Å². The molecule has 2 heterocycles. The Kier molecular flexibility index (Phi) is 3.10. The van der Waals surface area contributed by atoms with Crippen LogP contribution in [-0.4, -0.2) is 35.0 Å². The maximum Gasteiger partial charge on any atom is 0.412 e. The zero-order chi connectivity index (χ0) is 12.7. The second-order valence-electron chi connectivity index (χ2n) is 6.14. The molecule has 4 heteroatoms. The van der Waals surface area contributed by atoms with Crippen LogP contribution in [0.2, 0.25) is 0 Å². The number of ether oxygens (including phenoxy) is 2. The summed E-state index contributed by atoms with van der Waals surface area (Å²) in [6.07, 6.45) is 3.68. The molecule has 2 aliphatic heterocycles. The monoisotopic (exact) mass is 241 g/mol. The molecule has 2 unspecified atom stereocenters. The molecule has 0 aromatic heterocycles. The summed E-state index contributed by atoms with van der Waals surface area (Å²) in [5, 5.41) is 0. The summed E-state index contributed by atoms with van der Waals surface area (Å²) in [5.41, 5.74) is -0.819. The summed E-state index contributed by atoms with van der Waals surface area (Å²) in [5.74, 6) is 0. The molecule has 0 aliphatic carbocycles. The number of nitrogens with zero attached hydrogens (tertiary/aromatic N) is 1. The van der Waals surface area contributed by atoms with Gasteiger partial charge in [-0.25, -0.2) is 4.79 Å². The van der Waals surface area contributed by atoms with Crippen molar-refractivity contribution in [2.75, 3.05) is 6.61 Å². The average molecular weight is 241 g/mol. The van der Waals surface area contributed by atoms with Crippen LogP contribution in [0, 0.1) is 0 Å². The molecule has 0 radical (unpaired) electrons. The van der Waals surface area contributed by atoms with Gasteiger partial charge in [0.2, 0.25) is 0 Å². The third kappa shape index (κ3) is 2.41. The van der Waals surface area contributed by atoms with E-state index in [0.29, 0.717) is 0 Å². The number of carbonyl (C=O) groups is 1. The smallest absolute Gasteiger partial charge is 0.412 e. The molecule has 1 spiro atoms. The van der Waals surface area contributed by atoms with Crippen LogP contribution in [0.15, 0.2) is 0 Å². The quantitative estimate of drug-likeness (QED) is 0.654. The van der Waals surface area contributed by atoms with Crippen LogP contribution in [0.25, 0.3) is 0 Å². The summed E-state index contributed by atoms with van der Waals surface area (Å²) >= 11 is 0. The molecule has 2 aliphatic rings. The summed E-state index contributed by atoms with van der Waals surface area (Å²) < 4.78 is 11.3. The Morgan fingerprint density at radius 3 is 2.65 bits per heavy atom. The Balaban J connectivity index is 2.14. The van der Waals surface area contributed by atoms with E-state index in [0.717, 1.165) is 32.3 Å². The lowest BCUT2D eigenvalue weighted by molar-refractivity contribution is -0.106. The van der Waals surface area contributed by atoms with E-state index in [1.165, 1.54) is 0 Å². The first-order valence-corrected chi connectivity index (χ1v) is 6.50. The maximum absolute atomic E-state index is 12.3. The van der Waals surface area contributed by atoms with Crippen molar-refractivity contribution in [1.82, 2.24) is 4.90 Å². The minimum atomic E-state index is -0.445. The SMILES string of the molecule is CC1CCC2(CCCO2)N1C(=O)OC(C)(C)C. The van der Waals surface area contributed by atoms with Crippen molar-refractivity contribution in [3.05, 3.63) is 0 Å². The molecular formula is C13H23NO3. The highest BCUT2D eigenvalue weighted by atomic mass is 16.6. The van der Waals surface area contributed by atoms with E-state index in [9.17, 15) is 4.79 Å². The molecular weight excluding hydrogens is 218 g/mol. The molecule has 0 saturated carbocycles. The third-order valence-corrected chi connectivity index (χ3v) is 3.51. The van der Waals surface area contributed by atoms with Gasteiger partial charge in [-0.15, -0.1) is 0 Å². The van der Waals surface area contributed by atoms with Gasteiger partial charge >= 0.3 is 6.09 Å². The highest BCUT2D eigenvalue weighted by Crippen LogP contribution is 2.42. The molecule has 0 bridgehead atoms. The Morgan fingerprint density at radius 2 is 2.12 bits per heavy atom. The Morgan fingerprint density at radius 1 is 1.41 bits per heavy atom. The Labute approximate surface area is 103 Å². The van der Waals surface area contributed by atoms with Gasteiger partial charge in [0, 0.05) is 12.6 Å². The van der Waals surface area contributed by atoms with Crippen LogP contribution in [0.5, 0.6) is 0 Å². The molecule has 0 aromatic rings. The number of likely N-dealkylation sites (tertiary alicyclic amines) is 1. The van der Waals surface area contributed by atoms with Gasteiger partial charge in [0.15, 0.2) is 0 Å². The molecule has 2 rings (SSSR count). The van der Waals surface area contributed by atoms with Gasteiger partial charge in [-0.3, -0.25) is 4.90 Å². The van der Waals surface area contributed by atoms with E-state index >= 15 is 0 Å². The van der Waals surface area contributed by atoms with Crippen molar-refractivity contribution < 1.29 is 14.3 Å². The number of rotatable bonds is 0. The highest BCUT2D eigenvalue weighted by Gasteiger charge is 2.51. The predicted molar refractivity (Wildman–Crippen MR) is 64.7 cm³/mol. The molecule has 4 nitrogen and oxygen atoms in total. The van der Waals surface area contributed by atoms with Crippen LogP contribution in [-0.2, 0) is 9.47 Å². The first-order valence-electron chi connectivity index (χ1n) is 6.50. The molecule has 2 saturated heterocycles. The molecule has 17 heavy (non-hydrogen) atoms. The first kappa shape index (κ1) is 12.7. The minimum absolute atomic E-state index is 0.211. The molecule has 1 amide bonds. The van der Waals surface area contributed by atoms with Crippen LogP contribution in [0.4, 0.5) is 4.79 Å². The Hall–Kier alpha value is -0.770. The summed E-state index contributed by atoms with van der Waals surface area (Å²) in [6.45, 7) is 8.52. The normalized spacial score (nSPS) is 33.4. The number of carbonyl (C=O) groups excluding carboxylic acids is 1. The number of amides is 1. The number of hydrogen-bond donors (Lipinski definition) is 0. The fourth-order valence-electron chi connectivity index (χ4n) is 2.81. The molecule has 0 N–H and O–H groups in total. The fourth-order valence-corrected chi connectivity index (χ4v) is 2.81. The zero-order valence-corrected chi connectivity index (χ0v) is 11.3. The van der Waals surface area contributed by atoms with Crippen molar-refractivity contribution in [2.24, 2.45) is 0 Å². The minimum Gasteiger partial charge on any atom is -0.444 e. The first-order chi connectivity index (χ1) is 7.84. The largest absolute Gasteiger partial charge is 0.444 e. The summed E-state index contributed by atoms with van der Waals surface area (Å²) in [6, 6.07) is 0.211. The van der Waals surface area contributed by atoms with Crippen LogP contribution in [0.3, 0.4) is 0 Å². The predicted octanol–water partition coefficient (Wildman–Crippen LogP) is 2.91. The van der Waals surface area contributed by atoms with Crippen LogP contribution >= 0.6 is 0 Å². The van der Waals surface area contributed by atoms with Crippen molar-refractivity contribution in [1.29, 1.82) is 0 Å². The average Bonchev–Trinajstić information content (AvgIpc) is 2.73. The van der Waals surface area contributed by atoms with E-state index in [1.54, 1.807) is 0 Å². The second kappa shape index (κ2) is 4.16. The van der Waals surface area contributed by atoms with E-state index < -0.39 is 5.60 Å². The van der Waals surface area contributed by atoms with E-state index in [-0.39, 0.29) is 17.9 Å². The van der Waals surface area contributed by atoms with Gasteiger partial charge in [-0.1, -0.05) is 0 Å². The van der Waals surface area contributed by atoms with Crippen molar-refractivity contribution >= 4 is 6.09 Å². The Bertz CT molecular complexity index is 302.